The lowest BCUT2D eigenvalue weighted by atomic mass is 10.1. The number of halogens is 1. The maximum atomic E-state index is 12.7. The summed E-state index contributed by atoms with van der Waals surface area (Å²) in [4.78, 5) is 18.7. The van der Waals surface area contributed by atoms with E-state index in [0.29, 0.717) is 21.2 Å². The Morgan fingerprint density at radius 2 is 1.93 bits per heavy atom. The van der Waals surface area contributed by atoms with Crippen LogP contribution in [0.3, 0.4) is 0 Å². The van der Waals surface area contributed by atoms with E-state index in [9.17, 15) is 4.79 Å². The van der Waals surface area contributed by atoms with Gasteiger partial charge in [-0.3, -0.25) is 4.79 Å². The average Bonchev–Trinajstić information content (AvgIpc) is 3.11. The molecule has 136 valence electrons. The van der Waals surface area contributed by atoms with Gasteiger partial charge in [0.05, 0.1) is 23.5 Å². The minimum Gasteiger partial charge on any atom is -0.495 e. The summed E-state index contributed by atoms with van der Waals surface area (Å²) in [5.74, 6) is 0.476. The fourth-order valence-electron chi connectivity index (χ4n) is 3.01. The molecule has 0 fully saturated rings. The smallest absolute Gasteiger partial charge is 0.261 e. The standard InChI is InChI=1S/C21H17ClN2O2S/c1-12(13-6-4-3-5-7-13)23-20(25)17-11-15-10-14-8-9-16(26-2)18(22)19(14)24-21(15)27-17/h3-12H,1-2H3,(H,23,25). The molecular weight excluding hydrogens is 380 g/mol. The summed E-state index contributed by atoms with van der Waals surface area (Å²) < 4.78 is 5.26. The van der Waals surface area contributed by atoms with Crippen molar-refractivity contribution < 1.29 is 9.53 Å². The number of amides is 1. The van der Waals surface area contributed by atoms with E-state index in [-0.39, 0.29) is 11.9 Å². The molecule has 27 heavy (non-hydrogen) atoms. The van der Waals surface area contributed by atoms with E-state index in [1.807, 2.05) is 61.5 Å². The van der Waals surface area contributed by atoms with Gasteiger partial charge in [-0.25, -0.2) is 4.98 Å². The molecule has 4 rings (SSSR count). The molecule has 0 aliphatic heterocycles. The number of nitrogens with zero attached hydrogens (tertiary/aromatic N) is 1. The third-order valence-corrected chi connectivity index (χ3v) is 5.88. The average molecular weight is 397 g/mol. The van der Waals surface area contributed by atoms with Crippen molar-refractivity contribution in [1.29, 1.82) is 0 Å². The van der Waals surface area contributed by atoms with Gasteiger partial charge < -0.3 is 10.1 Å². The van der Waals surface area contributed by atoms with E-state index in [2.05, 4.69) is 10.3 Å². The van der Waals surface area contributed by atoms with Crippen molar-refractivity contribution in [3.8, 4) is 5.75 Å². The number of nitrogens with one attached hydrogen (secondary N) is 1. The maximum Gasteiger partial charge on any atom is 0.261 e. The number of pyridine rings is 1. The number of aromatic nitrogens is 1. The Hall–Kier alpha value is -2.63. The molecule has 6 heteroatoms. The van der Waals surface area contributed by atoms with Crippen LogP contribution in [0.1, 0.15) is 28.2 Å². The first kappa shape index (κ1) is 17.8. The number of carbonyl (C=O) groups excluding carboxylic acids is 1. The highest BCUT2D eigenvalue weighted by Crippen LogP contribution is 2.35. The number of fused-ring (bicyclic) bond motifs is 2. The van der Waals surface area contributed by atoms with Crippen LogP contribution in [-0.4, -0.2) is 18.0 Å². The Labute approximate surface area is 165 Å². The molecule has 2 aromatic carbocycles. The second kappa shape index (κ2) is 7.18. The summed E-state index contributed by atoms with van der Waals surface area (Å²) in [6, 6.07) is 17.4. The first-order valence-corrected chi connectivity index (χ1v) is 9.69. The third kappa shape index (κ3) is 3.36. The van der Waals surface area contributed by atoms with Crippen LogP contribution in [0.15, 0.2) is 54.6 Å². The van der Waals surface area contributed by atoms with Crippen LogP contribution in [0, 0.1) is 0 Å². The number of benzene rings is 2. The maximum absolute atomic E-state index is 12.7. The van der Waals surface area contributed by atoms with Crippen LogP contribution < -0.4 is 10.1 Å². The molecule has 4 aromatic rings. The summed E-state index contributed by atoms with van der Waals surface area (Å²) in [6.45, 7) is 1.97. The summed E-state index contributed by atoms with van der Waals surface area (Å²) in [7, 11) is 1.58. The number of thiophene rings is 1. The summed E-state index contributed by atoms with van der Waals surface area (Å²) in [5.41, 5.74) is 1.74. The molecule has 0 aliphatic rings. The lowest BCUT2D eigenvalue weighted by Gasteiger charge is -2.13. The zero-order chi connectivity index (χ0) is 19.0. The molecule has 1 atom stereocenters. The Balaban J connectivity index is 1.67. The number of ether oxygens (including phenoxy) is 1. The van der Waals surface area contributed by atoms with Gasteiger partial charge in [-0.15, -0.1) is 11.3 Å². The van der Waals surface area contributed by atoms with E-state index in [1.165, 1.54) is 11.3 Å². The number of carbonyl (C=O) groups is 1. The monoisotopic (exact) mass is 396 g/mol. The molecule has 0 saturated carbocycles. The normalized spacial score (nSPS) is 12.3. The van der Waals surface area contributed by atoms with Crippen molar-refractivity contribution in [2.75, 3.05) is 7.11 Å². The zero-order valence-corrected chi connectivity index (χ0v) is 16.4. The van der Waals surface area contributed by atoms with Crippen molar-refractivity contribution in [3.05, 3.63) is 70.1 Å². The van der Waals surface area contributed by atoms with Gasteiger partial charge in [0.15, 0.2) is 0 Å². The molecular formula is C21H17ClN2O2S. The Morgan fingerprint density at radius 3 is 2.67 bits per heavy atom. The van der Waals surface area contributed by atoms with Gasteiger partial charge in [0.1, 0.15) is 15.6 Å². The molecule has 0 saturated heterocycles. The number of hydrogen-bond donors (Lipinski definition) is 1. The Bertz CT molecular complexity index is 1140. The van der Waals surface area contributed by atoms with Crippen molar-refractivity contribution >= 4 is 50.0 Å². The van der Waals surface area contributed by atoms with Gasteiger partial charge in [0.2, 0.25) is 0 Å². The second-order valence-electron chi connectivity index (χ2n) is 6.25. The van der Waals surface area contributed by atoms with Crippen molar-refractivity contribution in [2.24, 2.45) is 0 Å². The van der Waals surface area contributed by atoms with E-state index >= 15 is 0 Å². The van der Waals surface area contributed by atoms with Crippen molar-refractivity contribution in [3.63, 3.8) is 0 Å². The second-order valence-corrected chi connectivity index (χ2v) is 7.66. The fraction of sp³-hybridized carbons (Fsp3) is 0.143. The predicted octanol–water partition coefficient (Wildman–Crippen LogP) is 5.60. The fourth-order valence-corrected chi connectivity index (χ4v) is 4.22. The lowest BCUT2D eigenvalue weighted by molar-refractivity contribution is 0.0944. The molecule has 2 heterocycles. The Kier molecular flexibility index (Phi) is 4.72. The van der Waals surface area contributed by atoms with E-state index in [0.717, 1.165) is 21.2 Å². The van der Waals surface area contributed by atoms with Crippen LogP contribution in [0.5, 0.6) is 5.75 Å². The predicted molar refractivity (Wildman–Crippen MR) is 111 cm³/mol. The van der Waals surface area contributed by atoms with Crippen LogP contribution in [-0.2, 0) is 0 Å². The molecule has 1 amide bonds. The third-order valence-electron chi connectivity index (χ3n) is 4.47. The van der Waals surface area contributed by atoms with Crippen LogP contribution in [0.4, 0.5) is 0 Å². The van der Waals surface area contributed by atoms with Gasteiger partial charge in [0.25, 0.3) is 5.91 Å². The van der Waals surface area contributed by atoms with Gasteiger partial charge in [0, 0.05) is 10.8 Å². The number of methoxy groups -OCH3 is 1. The Morgan fingerprint density at radius 1 is 1.15 bits per heavy atom. The van der Waals surface area contributed by atoms with E-state index in [4.69, 9.17) is 16.3 Å². The number of hydrogen-bond acceptors (Lipinski definition) is 4. The van der Waals surface area contributed by atoms with Crippen molar-refractivity contribution in [2.45, 2.75) is 13.0 Å². The highest BCUT2D eigenvalue weighted by molar-refractivity contribution is 7.20. The van der Waals surface area contributed by atoms with Crippen LogP contribution in [0.2, 0.25) is 5.02 Å². The van der Waals surface area contributed by atoms with E-state index in [1.54, 1.807) is 7.11 Å². The molecule has 2 aromatic heterocycles. The van der Waals surface area contributed by atoms with Gasteiger partial charge in [-0.05, 0) is 36.8 Å². The molecule has 0 spiro atoms. The lowest BCUT2D eigenvalue weighted by Crippen LogP contribution is -2.25. The van der Waals surface area contributed by atoms with Gasteiger partial charge >= 0.3 is 0 Å². The summed E-state index contributed by atoms with van der Waals surface area (Å²) in [6.07, 6.45) is 0. The highest BCUT2D eigenvalue weighted by atomic mass is 35.5. The molecule has 0 radical (unpaired) electrons. The van der Waals surface area contributed by atoms with Gasteiger partial charge in [-0.2, -0.15) is 0 Å². The molecule has 0 bridgehead atoms. The minimum atomic E-state index is -0.109. The zero-order valence-electron chi connectivity index (χ0n) is 14.8. The quantitative estimate of drug-likeness (QED) is 0.488. The largest absolute Gasteiger partial charge is 0.495 e. The summed E-state index contributed by atoms with van der Waals surface area (Å²) in [5, 5.41) is 5.36. The number of rotatable bonds is 4. The molecule has 4 nitrogen and oxygen atoms in total. The van der Waals surface area contributed by atoms with Crippen molar-refractivity contribution in [1.82, 2.24) is 10.3 Å². The van der Waals surface area contributed by atoms with Crippen LogP contribution in [0.25, 0.3) is 21.1 Å². The van der Waals surface area contributed by atoms with E-state index < -0.39 is 0 Å². The molecule has 0 aliphatic carbocycles. The topological polar surface area (TPSA) is 51.2 Å². The minimum absolute atomic E-state index is 0.0744. The molecule has 1 N–H and O–H groups in total. The highest BCUT2D eigenvalue weighted by Gasteiger charge is 2.16. The SMILES string of the molecule is COc1ccc2cc3cc(C(=O)NC(C)c4ccccc4)sc3nc2c1Cl. The van der Waals surface area contributed by atoms with Crippen LogP contribution >= 0.6 is 22.9 Å². The first-order valence-electron chi connectivity index (χ1n) is 8.49. The van der Waals surface area contributed by atoms with Gasteiger partial charge in [-0.1, -0.05) is 41.9 Å². The first-order chi connectivity index (χ1) is 13.1. The molecule has 1 unspecified atom stereocenters. The summed E-state index contributed by atoms with van der Waals surface area (Å²) >= 11 is 7.74.